The lowest BCUT2D eigenvalue weighted by atomic mass is 9.86. The van der Waals surface area contributed by atoms with Crippen molar-refractivity contribution in [1.29, 1.82) is 0 Å². The van der Waals surface area contributed by atoms with E-state index in [2.05, 4.69) is 10.6 Å². The molecule has 1 aromatic rings. The van der Waals surface area contributed by atoms with Gasteiger partial charge in [-0.3, -0.25) is 9.59 Å². The quantitative estimate of drug-likeness (QED) is 0.755. The number of carbonyl (C=O) groups is 3. The van der Waals surface area contributed by atoms with Crippen LogP contribution in [0.15, 0.2) is 18.2 Å². The second-order valence-corrected chi connectivity index (χ2v) is 7.48. The van der Waals surface area contributed by atoms with Crippen LogP contribution in [-0.2, 0) is 4.79 Å². The third-order valence-electron chi connectivity index (χ3n) is 5.54. The van der Waals surface area contributed by atoms with Gasteiger partial charge in [0.25, 0.3) is 5.91 Å². The molecule has 2 fully saturated rings. The first-order valence-corrected chi connectivity index (χ1v) is 9.65. The third kappa shape index (κ3) is 4.59. The van der Waals surface area contributed by atoms with Crippen molar-refractivity contribution in [2.24, 2.45) is 5.92 Å². The number of hydrogen-bond donors (Lipinski definition) is 3. The molecule has 146 valence electrons. The summed E-state index contributed by atoms with van der Waals surface area (Å²) in [7, 11) is 0. The number of benzene rings is 1. The fourth-order valence-corrected chi connectivity index (χ4v) is 3.96. The second-order valence-electron chi connectivity index (χ2n) is 7.48. The molecule has 3 amide bonds. The van der Waals surface area contributed by atoms with Gasteiger partial charge in [-0.15, -0.1) is 0 Å². The van der Waals surface area contributed by atoms with E-state index in [1.54, 1.807) is 6.07 Å². The van der Waals surface area contributed by atoms with Gasteiger partial charge in [-0.25, -0.2) is 4.79 Å². The molecule has 2 aliphatic rings. The van der Waals surface area contributed by atoms with Crippen molar-refractivity contribution in [2.45, 2.75) is 51.5 Å². The van der Waals surface area contributed by atoms with Crippen molar-refractivity contribution in [3.63, 3.8) is 0 Å². The molecule has 1 heterocycles. The highest BCUT2D eigenvalue weighted by Gasteiger charge is 2.28. The van der Waals surface area contributed by atoms with E-state index in [9.17, 15) is 14.4 Å². The van der Waals surface area contributed by atoms with Crippen LogP contribution in [0, 0.1) is 12.8 Å². The number of anilines is 1. The van der Waals surface area contributed by atoms with E-state index in [1.807, 2.05) is 24.0 Å². The number of aryl methyl sites for hydroxylation is 1. The molecule has 27 heavy (non-hydrogen) atoms. The first-order chi connectivity index (χ1) is 13.0. The summed E-state index contributed by atoms with van der Waals surface area (Å²) in [5.41, 5.74) is 1.90. The maximum atomic E-state index is 12.9. The molecule has 1 aliphatic carbocycles. The Labute approximate surface area is 159 Å². The van der Waals surface area contributed by atoms with Gasteiger partial charge in [0, 0.05) is 19.1 Å². The normalized spacial score (nSPS) is 22.3. The van der Waals surface area contributed by atoms with Crippen LogP contribution in [0.1, 0.15) is 54.4 Å². The van der Waals surface area contributed by atoms with Crippen LogP contribution in [0.5, 0.6) is 0 Å². The topological polar surface area (TPSA) is 98.7 Å². The van der Waals surface area contributed by atoms with Crippen molar-refractivity contribution in [2.75, 3.05) is 18.4 Å². The number of rotatable bonds is 4. The van der Waals surface area contributed by atoms with Crippen LogP contribution in [0.3, 0.4) is 0 Å². The number of urea groups is 1. The fourth-order valence-electron chi connectivity index (χ4n) is 3.96. The Morgan fingerprint density at radius 1 is 1.07 bits per heavy atom. The molecular weight excluding hydrogens is 346 g/mol. The summed E-state index contributed by atoms with van der Waals surface area (Å²) in [5, 5.41) is 14.8. The monoisotopic (exact) mass is 373 g/mol. The Balaban J connectivity index is 1.63. The summed E-state index contributed by atoms with van der Waals surface area (Å²) >= 11 is 0. The lowest BCUT2D eigenvalue weighted by molar-refractivity contribution is -0.142. The van der Waals surface area contributed by atoms with Crippen LogP contribution < -0.4 is 10.6 Å². The Morgan fingerprint density at radius 2 is 1.74 bits per heavy atom. The number of nitrogens with zero attached hydrogens (tertiary/aromatic N) is 1. The van der Waals surface area contributed by atoms with Crippen molar-refractivity contribution < 1.29 is 19.5 Å². The number of carboxylic acid groups (broad SMARTS) is 1. The van der Waals surface area contributed by atoms with E-state index in [-0.39, 0.29) is 23.9 Å². The SMILES string of the molecule is Cc1cccc(NC(=O)NC2CCC(C(=O)O)CC2)c1C(=O)N1CCCC1. The van der Waals surface area contributed by atoms with Crippen LogP contribution >= 0.6 is 0 Å². The molecule has 3 N–H and O–H groups in total. The molecule has 1 aliphatic heterocycles. The summed E-state index contributed by atoms with van der Waals surface area (Å²) in [6, 6.07) is 5.05. The molecule has 0 atom stereocenters. The van der Waals surface area contributed by atoms with Gasteiger partial charge in [0.1, 0.15) is 0 Å². The van der Waals surface area contributed by atoms with Crippen LogP contribution in [-0.4, -0.2) is 47.0 Å². The number of aliphatic carboxylic acids is 1. The largest absolute Gasteiger partial charge is 0.481 e. The van der Waals surface area contributed by atoms with Crippen LogP contribution in [0.4, 0.5) is 10.5 Å². The lowest BCUT2D eigenvalue weighted by Crippen LogP contribution is -2.41. The van der Waals surface area contributed by atoms with E-state index in [1.165, 1.54) is 0 Å². The summed E-state index contributed by atoms with van der Waals surface area (Å²) in [6.45, 7) is 3.39. The van der Waals surface area contributed by atoms with Crippen molar-refractivity contribution in [3.8, 4) is 0 Å². The number of amides is 3. The third-order valence-corrected chi connectivity index (χ3v) is 5.54. The maximum absolute atomic E-state index is 12.9. The van der Waals surface area contributed by atoms with Gasteiger partial charge in [0.05, 0.1) is 17.2 Å². The first-order valence-electron chi connectivity index (χ1n) is 9.65. The van der Waals surface area contributed by atoms with Gasteiger partial charge < -0.3 is 20.6 Å². The minimum atomic E-state index is -0.761. The molecule has 0 spiro atoms. The molecule has 1 saturated carbocycles. The maximum Gasteiger partial charge on any atom is 0.319 e. The van der Waals surface area contributed by atoms with Gasteiger partial charge in [0.15, 0.2) is 0 Å². The predicted molar refractivity (Wildman–Crippen MR) is 102 cm³/mol. The zero-order valence-corrected chi connectivity index (χ0v) is 15.7. The zero-order chi connectivity index (χ0) is 19.4. The van der Waals surface area contributed by atoms with Gasteiger partial charge in [-0.2, -0.15) is 0 Å². The Kier molecular flexibility index (Phi) is 5.98. The average molecular weight is 373 g/mol. The van der Waals surface area contributed by atoms with Crippen molar-refractivity contribution in [1.82, 2.24) is 10.2 Å². The van der Waals surface area contributed by atoms with Gasteiger partial charge in [-0.05, 0) is 57.1 Å². The highest BCUT2D eigenvalue weighted by atomic mass is 16.4. The minimum absolute atomic E-state index is 0.0388. The standard InChI is InChI=1S/C20H27N3O4/c1-13-5-4-6-16(17(13)18(24)23-11-2-3-12-23)22-20(27)21-15-9-7-14(8-10-15)19(25)26/h4-6,14-15H,2-3,7-12H2,1H3,(H,25,26)(H2,21,22,27). The second kappa shape index (κ2) is 8.41. The highest BCUT2D eigenvalue weighted by molar-refractivity contribution is 6.04. The highest BCUT2D eigenvalue weighted by Crippen LogP contribution is 2.26. The summed E-state index contributed by atoms with van der Waals surface area (Å²) in [6.07, 6.45) is 4.47. The lowest BCUT2D eigenvalue weighted by Gasteiger charge is -2.27. The molecule has 0 unspecified atom stereocenters. The molecule has 0 bridgehead atoms. The molecule has 3 rings (SSSR count). The zero-order valence-electron chi connectivity index (χ0n) is 15.7. The van der Waals surface area contributed by atoms with Crippen molar-refractivity contribution >= 4 is 23.6 Å². The summed E-state index contributed by atoms with van der Waals surface area (Å²) in [4.78, 5) is 38.2. The van der Waals surface area contributed by atoms with Crippen LogP contribution in [0.2, 0.25) is 0 Å². The van der Waals surface area contributed by atoms with Gasteiger partial charge >= 0.3 is 12.0 Å². The number of hydrogen-bond acceptors (Lipinski definition) is 3. The molecule has 7 nitrogen and oxygen atoms in total. The fraction of sp³-hybridized carbons (Fsp3) is 0.550. The first kappa shape index (κ1) is 19.2. The molecular formula is C20H27N3O4. The smallest absolute Gasteiger partial charge is 0.319 e. The van der Waals surface area contributed by atoms with Crippen LogP contribution in [0.25, 0.3) is 0 Å². The summed E-state index contributed by atoms with van der Waals surface area (Å²) in [5.74, 6) is -1.11. The number of carbonyl (C=O) groups excluding carboxylic acids is 2. The van der Waals surface area contributed by atoms with Crippen molar-refractivity contribution in [3.05, 3.63) is 29.3 Å². The molecule has 0 radical (unpaired) electrons. The van der Waals surface area contributed by atoms with E-state index < -0.39 is 5.97 Å². The van der Waals surface area contributed by atoms with E-state index in [4.69, 9.17) is 5.11 Å². The predicted octanol–water partition coefficient (Wildman–Crippen LogP) is 3.00. The van der Waals surface area contributed by atoms with Gasteiger partial charge in [0.2, 0.25) is 0 Å². The minimum Gasteiger partial charge on any atom is -0.481 e. The van der Waals surface area contributed by atoms with E-state index in [0.29, 0.717) is 36.9 Å². The molecule has 7 heteroatoms. The van der Waals surface area contributed by atoms with E-state index in [0.717, 1.165) is 31.5 Å². The van der Waals surface area contributed by atoms with E-state index >= 15 is 0 Å². The number of carboxylic acids is 1. The molecule has 0 aromatic heterocycles. The Morgan fingerprint density at radius 3 is 2.37 bits per heavy atom. The van der Waals surface area contributed by atoms with Gasteiger partial charge in [-0.1, -0.05) is 12.1 Å². The number of likely N-dealkylation sites (tertiary alicyclic amines) is 1. The average Bonchev–Trinajstić information content (AvgIpc) is 3.16. The molecule has 1 aromatic carbocycles. The number of nitrogens with one attached hydrogen (secondary N) is 2. The Hall–Kier alpha value is -2.57. The summed E-state index contributed by atoms with van der Waals surface area (Å²) < 4.78 is 0. The Bertz CT molecular complexity index is 720. The molecule has 1 saturated heterocycles.